The van der Waals surface area contributed by atoms with Gasteiger partial charge in [0.2, 0.25) is 11.9 Å². The van der Waals surface area contributed by atoms with E-state index in [0.29, 0.717) is 17.3 Å². The van der Waals surface area contributed by atoms with Crippen LogP contribution in [0.1, 0.15) is 23.0 Å². The molecule has 0 saturated carbocycles. The number of rotatable bonds is 6. The van der Waals surface area contributed by atoms with Crippen LogP contribution in [-0.2, 0) is 11.3 Å². The van der Waals surface area contributed by atoms with E-state index in [1.54, 1.807) is 30.3 Å². The standard InChI is InChI=1S/C20H18ClN5O2/c1-13(27)24-15-6-8-16(9-7-15)25-20-22-11-10-18(26-20)19(28)23-12-14-4-2-3-5-17(14)21/h2-11H,12H2,1H3,(H,23,28)(H,24,27)(H,22,25,26). The van der Waals surface area contributed by atoms with Crippen LogP contribution in [0.4, 0.5) is 17.3 Å². The minimum atomic E-state index is -0.327. The molecule has 7 nitrogen and oxygen atoms in total. The second kappa shape index (κ2) is 8.96. The summed E-state index contributed by atoms with van der Waals surface area (Å²) in [5.41, 5.74) is 2.47. The second-order valence-electron chi connectivity index (χ2n) is 5.92. The van der Waals surface area contributed by atoms with E-state index in [4.69, 9.17) is 11.6 Å². The third-order valence-electron chi connectivity index (χ3n) is 3.75. The number of nitrogens with one attached hydrogen (secondary N) is 3. The fraction of sp³-hybridized carbons (Fsp3) is 0.100. The van der Waals surface area contributed by atoms with Crippen molar-refractivity contribution in [1.29, 1.82) is 0 Å². The molecule has 8 heteroatoms. The summed E-state index contributed by atoms with van der Waals surface area (Å²) in [4.78, 5) is 31.8. The fourth-order valence-corrected chi connectivity index (χ4v) is 2.63. The molecule has 0 spiro atoms. The molecule has 0 fully saturated rings. The Morgan fingerprint density at radius 3 is 2.43 bits per heavy atom. The zero-order valence-electron chi connectivity index (χ0n) is 15.1. The van der Waals surface area contributed by atoms with Crippen molar-refractivity contribution in [2.45, 2.75) is 13.5 Å². The molecule has 1 heterocycles. The van der Waals surface area contributed by atoms with Crippen molar-refractivity contribution in [2.75, 3.05) is 10.6 Å². The van der Waals surface area contributed by atoms with Crippen LogP contribution in [-0.4, -0.2) is 21.8 Å². The van der Waals surface area contributed by atoms with Crippen molar-refractivity contribution >= 4 is 40.7 Å². The molecule has 1 aromatic heterocycles. The van der Waals surface area contributed by atoms with Crippen LogP contribution < -0.4 is 16.0 Å². The number of halogens is 1. The third kappa shape index (κ3) is 5.28. The van der Waals surface area contributed by atoms with Crippen molar-refractivity contribution in [1.82, 2.24) is 15.3 Å². The zero-order valence-corrected chi connectivity index (χ0v) is 15.8. The topological polar surface area (TPSA) is 96.0 Å². The van der Waals surface area contributed by atoms with Gasteiger partial charge >= 0.3 is 0 Å². The van der Waals surface area contributed by atoms with E-state index >= 15 is 0 Å². The Morgan fingerprint density at radius 1 is 1.00 bits per heavy atom. The Kier molecular flexibility index (Phi) is 6.18. The Bertz CT molecular complexity index is 992. The lowest BCUT2D eigenvalue weighted by atomic mass is 10.2. The van der Waals surface area contributed by atoms with Crippen LogP contribution >= 0.6 is 11.6 Å². The summed E-state index contributed by atoms with van der Waals surface area (Å²) < 4.78 is 0. The number of hydrogen-bond donors (Lipinski definition) is 3. The lowest BCUT2D eigenvalue weighted by Crippen LogP contribution is -2.24. The average molecular weight is 396 g/mol. The molecular formula is C20H18ClN5O2. The first-order chi connectivity index (χ1) is 13.5. The fourth-order valence-electron chi connectivity index (χ4n) is 2.42. The van der Waals surface area contributed by atoms with Crippen LogP contribution in [0.2, 0.25) is 5.02 Å². The van der Waals surface area contributed by atoms with Crippen molar-refractivity contribution < 1.29 is 9.59 Å². The predicted molar refractivity (Wildman–Crippen MR) is 109 cm³/mol. The average Bonchev–Trinajstić information content (AvgIpc) is 2.68. The van der Waals surface area contributed by atoms with Gasteiger partial charge in [0.1, 0.15) is 5.69 Å². The zero-order chi connectivity index (χ0) is 19.9. The van der Waals surface area contributed by atoms with Gasteiger partial charge in [-0.15, -0.1) is 0 Å². The van der Waals surface area contributed by atoms with Gasteiger partial charge < -0.3 is 16.0 Å². The van der Waals surface area contributed by atoms with Gasteiger partial charge in [0.15, 0.2) is 0 Å². The smallest absolute Gasteiger partial charge is 0.270 e. The van der Waals surface area contributed by atoms with Crippen molar-refractivity contribution in [3.8, 4) is 0 Å². The Morgan fingerprint density at radius 2 is 1.71 bits per heavy atom. The van der Waals surface area contributed by atoms with E-state index in [1.807, 2.05) is 18.2 Å². The number of carbonyl (C=O) groups excluding carboxylic acids is 2. The van der Waals surface area contributed by atoms with Crippen LogP contribution in [0.15, 0.2) is 60.8 Å². The van der Waals surface area contributed by atoms with E-state index in [1.165, 1.54) is 19.2 Å². The SMILES string of the molecule is CC(=O)Nc1ccc(Nc2nccc(C(=O)NCc3ccccc3Cl)n2)cc1. The normalized spacial score (nSPS) is 10.2. The summed E-state index contributed by atoms with van der Waals surface area (Å²) in [6, 6.07) is 15.9. The highest BCUT2D eigenvalue weighted by Crippen LogP contribution is 2.17. The monoisotopic (exact) mass is 395 g/mol. The second-order valence-corrected chi connectivity index (χ2v) is 6.33. The number of nitrogens with zero attached hydrogens (tertiary/aromatic N) is 2. The minimum Gasteiger partial charge on any atom is -0.347 e. The third-order valence-corrected chi connectivity index (χ3v) is 4.12. The number of benzene rings is 2. The number of hydrogen-bond acceptors (Lipinski definition) is 5. The summed E-state index contributed by atoms with van der Waals surface area (Å²) in [5, 5.41) is 9.10. The summed E-state index contributed by atoms with van der Waals surface area (Å²) in [7, 11) is 0. The first-order valence-electron chi connectivity index (χ1n) is 8.50. The van der Waals surface area contributed by atoms with Crippen LogP contribution in [0, 0.1) is 0 Å². The molecule has 3 aromatic rings. The summed E-state index contributed by atoms with van der Waals surface area (Å²) in [6.45, 7) is 1.75. The lowest BCUT2D eigenvalue weighted by molar-refractivity contribution is -0.114. The number of anilines is 3. The van der Waals surface area contributed by atoms with Crippen molar-refractivity contribution in [3.05, 3.63) is 77.1 Å². The Hall–Kier alpha value is -3.45. The number of carbonyl (C=O) groups is 2. The molecule has 28 heavy (non-hydrogen) atoms. The minimum absolute atomic E-state index is 0.139. The molecule has 0 aliphatic heterocycles. The molecular weight excluding hydrogens is 378 g/mol. The van der Waals surface area contributed by atoms with Gasteiger partial charge in [0.25, 0.3) is 5.91 Å². The molecule has 0 radical (unpaired) electrons. The largest absolute Gasteiger partial charge is 0.347 e. The first-order valence-corrected chi connectivity index (χ1v) is 8.88. The lowest BCUT2D eigenvalue weighted by Gasteiger charge is -2.09. The van der Waals surface area contributed by atoms with Gasteiger partial charge in [0, 0.05) is 36.1 Å². The molecule has 2 aromatic carbocycles. The van der Waals surface area contributed by atoms with Crippen LogP contribution in [0.5, 0.6) is 0 Å². The van der Waals surface area contributed by atoms with E-state index in [0.717, 1.165) is 11.3 Å². The van der Waals surface area contributed by atoms with E-state index in [2.05, 4.69) is 25.9 Å². The van der Waals surface area contributed by atoms with E-state index in [-0.39, 0.29) is 23.5 Å². The maximum Gasteiger partial charge on any atom is 0.270 e. The van der Waals surface area contributed by atoms with E-state index in [9.17, 15) is 9.59 Å². The summed E-state index contributed by atoms with van der Waals surface area (Å²) in [6.07, 6.45) is 1.51. The highest BCUT2D eigenvalue weighted by Gasteiger charge is 2.10. The van der Waals surface area contributed by atoms with Gasteiger partial charge in [-0.2, -0.15) is 0 Å². The van der Waals surface area contributed by atoms with Crippen molar-refractivity contribution in [3.63, 3.8) is 0 Å². The summed E-state index contributed by atoms with van der Waals surface area (Å²) in [5.74, 6) is -0.177. The molecule has 3 N–H and O–H groups in total. The quantitative estimate of drug-likeness (QED) is 0.590. The Balaban J connectivity index is 1.64. The molecule has 0 aliphatic rings. The maximum atomic E-state index is 12.4. The van der Waals surface area contributed by atoms with Gasteiger partial charge in [-0.1, -0.05) is 29.8 Å². The molecule has 0 aliphatic carbocycles. The van der Waals surface area contributed by atoms with Gasteiger partial charge in [-0.05, 0) is 42.0 Å². The van der Waals surface area contributed by atoms with Gasteiger partial charge in [-0.25, -0.2) is 9.97 Å². The number of aromatic nitrogens is 2. The molecule has 142 valence electrons. The Labute approximate surface area is 167 Å². The predicted octanol–water partition coefficient (Wildman–Crippen LogP) is 3.76. The summed E-state index contributed by atoms with van der Waals surface area (Å²) >= 11 is 6.10. The highest BCUT2D eigenvalue weighted by atomic mass is 35.5. The maximum absolute atomic E-state index is 12.4. The highest BCUT2D eigenvalue weighted by molar-refractivity contribution is 6.31. The number of amides is 2. The van der Waals surface area contributed by atoms with E-state index < -0.39 is 0 Å². The van der Waals surface area contributed by atoms with Gasteiger partial charge in [0.05, 0.1) is 0 Å². The first kappa shape index (κ1) is 19.3. The molecule has 0 saturated heterocycles. The van der Waals surface area contributed by atoms with Crippen LogP contribution in [0.3, 0.4) is 0 Å². The van der Waals surface area contributed by atoms with Gasteiger partial charge in [-0.3, -0.25) is 9.59 Å². The molecule has 0 unspecified atom stereocenters. The van der Waals surface area contributed by atoms with Crippen molar-refractivity contribution in [2.24, 2.45) is 0 Å². The molecule has 3 rings (SSSR count). The van der Waals surface area contributed by atoms with Crippen LogP contribution in [0.25, 0.3) is 0 Å². The molecule has 0 bridgehead atoms. The molecule has 2 amide bonds. The molecule has 0 atom stereocenters.